The highest BCUT2D eigenvalue weighted by Crippen LogP contribution is 2.35. The van der Waals surface area contributed by atoms with Crippen molar-refractivity contribution in [2.75, 3.05) is 32.8 Å². The predicted molar refractivity (Wildman–Crippen MR) is 94.9 cm³/mol. The molecule has 1 aromatic carbocycles. The molecule has 0 radical (unpaired) electrons. The molecule has 0 spiro atoms. The van der Waals surface area contributed by atoms with Gasteiger partial charge in [-0.15, -0.1) is 0 Å². The van der Waals surface area contributed by atoms with Crippen molar-refractivity contribution in [3.05, 3.63) is 35.9 Å². The maximum absolute atomic E-state index is 13.0. The van der Waals surface area contributed by atoms with Gasteiger partial charge in [-0.25, -0.2) is 0 Å². The molecule has 2 aliphatic heterocycles. The number of fused-ring (bicyclic) bond motifs is 2. The van der Waals surface area contributed by atoms with Gasteiger partial charge in [0.1, 0.15) is 6.10 Å². The van der Waals surface area contributed by atoms with E-state index in [-0.39, 0.29) is 30.0 Å². The fourth-order valence-corrected chi connectivity index (χ4v) is 4.63. The quantitative estimate of drug-likeness (QED) is 0.903. The number of benzene rings is 1. The zero-order valence-corrected chi connectivity index (χ0v) is 14.7. The lowest BCUT2D eigenvalue weighted by Crippen LogP contribution is -2.58. The minimum absolute atomic E-state index is 0.113. The van der Waals surface area contributed by atoms with E-state index >= 15 is 0 Å². The molecule has 25 heavy (non-hydrogen) atoms. The van der Waals surface area contributed by atoms with Gasteiger partial charge < -0.3 is 14.7 Å². The fourth-order valence-electron chi connectivity index (χ4n) is 4.63. The normalized spacial score (nSPS) is 33.2. The van der Waals surface area contributed by atoms with E-state index in [1.54, 1.807) is 0 Å². The monoisotopic (exact) mass is 344 g/mol. The molecular formula is C20H28N2O3. The second-order valence-electron chi connectivity index (χ2n) is 7.77. The average molecular weight is 344 g/mol. The number of rotatable bonds is 3. The lowest BCUT2D eigenvalue weighted by Gasteiger charge is -2.46. The Morgan fingerprint density at radius 2 is 1.84 bits per heavy atom. The summed E-state index contributed by atoms with van der Waals surface area (Å²) in [5.41, 5.74) is 1.27. The molecule has 1 N–H and O–H groups in total. The summed E-state index contributed by atoms with van der Waals surface area (Å²) in [6, 6.07) is 10.4. The summed E-state index contributed by atoms with van der Waals surface area (Å²) < 4.78 is 5.81. The maximum atomic E-state index is 13.0. The lowest BCUT2D eigenvalue weighted by atomic mass is 9.75. The number of hydrogen-bond donors (Lipinski definition) is 1. The molecule has 2 saturated heterocycles. The Morgan fingerprint density at radius 3 is 2.56 bits per heavy atom. The average Bonchev–Trinajstić information content (AvgIpc) is 2.62. The van der Waals surface area contributed by atoms with Crippen LogP contribution in [-0.2, 0) is 16.1 Å². The van der Waals surface area contributed by atoms with Gasteiger partial charge in [0, 0.05) is 44.6 Å². The van der Waals surface area contributed by atoms with Crippen LogP contribution in [0.1, 0.15) is 24.8 Å². The SMILES string of the molecule is O=C([C@H]1CN(Cc2ccccc2)CCO1)N1C[C@H]2CCC[C@@H](C1)C2O. The third kappa shape index (κ3) is 3.73. The smallest absolute Gasteiger partial charge is 0.253 e. The van der Waals surface area contributed by atoms with Crippen LogP contribution in [0.2, 0.25) is 0 Å². The lowest BCUT2D eigenvalue weighted by molar-refractivity contribution is -0.157. The van der Waals surface area contributed by atoms with Gasteiger partial charge in [-0.3, -0.25) is 9.69 Å². The van der Waals surface area contributed by atoms with E-state index in [1.165, 1.54) is 12.0 Å². The van der Waals surface area contributed by atoms with Gasteiger partial charge in [-0.2, -0.15) is 0 Å². The number of piperidine rings is 1. The number of hydrogen-bond acceptors (Lipinski definition) is 4. The molecular weight excluding hydrogens is 316 g/mol. The summed E-state index contributed by atoms with van der Waals surface area (Å²) in [7, 11) is 0. The van der Waals surface area contributed by atoms with Crippen LogP contribution in [0.4, 0.5) is 0 Å². The third-order valence-corrected chi connectivity index (χ3v) is 6.01. The van der Waals surface area contributed by atoms with Gasteiger partial charge in [0.05, 0.1) is 12.7 Å². The molecule has 2 heterocycles. The second kappa shape index (κ2) is 7.44. The summed E-state index contributed by atoms with van der Waals surface area (Å²) in [6.07, 6.45) is 2.66. The van der Waals surface area contributed by atoms with Crippen molar-refractivity contribution in [2.45, 2.75) is 38.0 Å². The van der Waals surface area contributed by atoms with Crippen molar-refractivity contribution in [2.24, 2.45) is 11.8 Å². The topological polar surface area (TPSA) is 53.0 Å². The number of aliphatic hydroxyl groups is 1. The molecule has 136 valence electrons. The van der Waals surface area contributed by atoms with Crippen LogP contribution in [0.15, 0.2) is 30.3 Å². The van der Waals surface area contributed by atoms with Crippen molar-refractivity contribution >= 4 is 5.91 Å². The van der Waals surface area contributed by atoms with E-state index in [1.807, 2.05) is 11.0 Å². The number of aliphatic hydroxyl groups excluding tert-OH is 1. The van der Waals surface area contributed by atoms with E-state index in [2.05, 4.69) is 29.2 Å². The standard InChI is InChI=1S/C20H28N2O3/c23-19-16-7-4-8-17(19)13-22(12-16)20(24)18-14-21(9-10-25-18)11-15-5-2-1-3-6-15/h1-3,5-6,16-19,23H,4,7-14H2/t16-,17+,18-,19?/m1/s1. The Morgan fingerprint density at radius 1 is 1.12 bits per heavy atom. The maximum Gasteiger partial charge on any atom is 0.253 e. The molecule has 4 rings (SSSR count). The number of ether oxygens (including phenoxy) is 1. The highest BCUT2D eigenvalue weighted by Gasteiger charge is 2.41. The highest BCUT2D eigenvalue weighted by atomic mass is 16.5. The van der Waals surface area contributed by atoms with Crippen molar-refractivity contribution in [3.63, 3.8) is 0 Å². The largest absolute Gasteiger partial charge is 0.392 e. The number of morpholine rings is 1. The van der Waals surface area contributed by atoms with Gasteiger partial charge in [0.15, 0.2) is 0 Å². The van der Waals surface area contributed by atoms with Crippen LogP contribution < -0.4 is 0 Å². The predicted octanol–water partition coefficient (Wildman–Crippen LogP) is 1.51. The van der Waals surface area contributed by atoms with Gasteiger partial charge >= 0.3 is 0 Å². The zero-order valence-electron chi connectivity index (χ0n) is 14.7. The van der Waals surface area contributed by atoms with E-state index < -0.39 is 0 Å². The number of carbonyl (C=O) groups excluding carboxylic acids is 1. The minimum atomic E-state index is -0.367. The molecule has 3 fully saturated rings. The fraction of sp³-hybridized carbons (Fsp3) is 0.650. The summed E-state index contributed by atoms with van der Waals surface area (Å²) in [5.74, 6) is 0.613. The highest BCUT2D eigenvalue weighted by molar-refractivity contribution is 5.81. The molecule has 1 aliphatic carbocycles. The Hall–Kier alpha value is -1.43. The summed E-state index contributed by atoms with van der Waals surface area (Å²) in [4.78, 5) is 17.2. The Kier molecular flexibility index (Phi) is 5.06. The van der Waals surface area contributed by atoms with E-state index in [4.69, 9.17) is 4.74 Å². The molecule has 1 aromatic rings. The molecule has 1 unspecified atom stereocenters. The molecule has 0 aromatic heterocycles. The van der Waals surface area contributed by atoms with Crippen molar-refractivity contribution in [3.8, 4) is 0 Å². The number of nitrogens with zero attached hydrogens (tertiary/aromatic N) is 2. The van der Waals surface area contributed by atoms with Gasteiger partial charge in [0.2, 0.25) is 0 Å². The summed E-state index contributed by atoms with van der Waals surface area (Å²) in [5, 5.41) is 10.3. The molecule has 3 aliphatic rings. The van der Waals surface area contributed by atoms with Crippen LogP contribution >= 0.6 is 0 Å². The van der Waals surface area contributed by atoms with Crippen LogP contribution in [-0.4, -0.2) is 65.8 Å². The van der Waals surface area contributed by atoms with E-state index in [9.17, 15) is 9.90 Å². The minimum Gasteiger partial charge on any atom is -0.392 e. The molecule has 1 amide bonds. The Bertz CT molecular complexity index is 580. The van der Waals surface area contributed by atoms with Crippen molar-refractivity contribution in [1.29, 1.82) is 0 Å². The summed E-state index contributed by atoms with van der Waals surface area (Å²) in [6.45, 7) is 4.36. The van der Waals surface area contributed by atoms with Crippen LogP contribution in [0.3, 0.4) is 0 Å². The van der Waals surface area contributed by atoms with Crippen LogP contribution in [0.25, 0.3) is 0 Å². The number of carbonyl (C=O) groups is 1. The Labute approximate surface area is 149 Å². The molecule has 1 saturated carbocycles. The van der Waals surface area contributed by atoms with E-state index in [0.717, 1.165) is 25.9 Å². The Balaban J connectivity index is 1.37. The first-order valence-electron chi connectivity index (χ1n) is 9.55. The number of amides is 1. The molecule has 5 heteroatoms. The first-order valence-corrected chi connectivity index (χ1v) is 9.55. The molecule has 5 nitrogen and oxygen atoms in total. The van der Waals surface area contributed by atoms with Crippen LogP contribution in [0, 0.1) is 11.8 Å². The van der Waals surface area contributed by atoms with Gasteiger partial charge in [-0.1, -0.05) is 36.8 Å². The van der Waals surface area contributed by atoms with Crippen molar-refractivity contribution < 1.29 is 14.6 Å². The van der Waals surface area contributed by atoms with Crippen LogP contribution in [0.5, 0.6) is 0 Å². The second-order valence-corrected chi connectivity index (χ2v) is 7.77. The molecule has 4 atom stereocenters. The zero-order chi connectivity index (χ0) is 17.2. The van der Waals surface area contributed by atoms with Gasteiger partial charge in [-0.05, 0) is 18.4 Å². The van der Waals surface area contributed by atoms with E-state index in [0.29, 0.717) is 26.2 Å². The number of likely N-dealkylation sites (tertiary alicyclic amines) is 1. The first kappa shape index (κ1) is 17.0. The first-order chi connectivity index (χ1) is 12.2. The molecule has 2 bridgehead atoms. The third-order valence-electron chi connectivity index (χ3n) is 6.01. The van der Waals surface area contributed by atoms with Crippen molar-refractivity contribution in [1.82, 2.24) is 9.80 Å². The van der Waals surface area contributed by atoms with Gasteiger partial charge in [0.25, 0.3) is 5.91 Å². The summed E-state index contributed by atoms with van der Waals surface area (Å²) >= 11 is 0.